The van der Waals surface area contributed by atoms with Crippen LogP contribution in [0.5, 0.6) is 28.9 Å². The third-order valence-electron chi connectivity index (χ3n) is 7.01. The van der Waals surface area contributed by atoms with E-state index in [2.05, 4.69) is 25.8 Å². The van der Waals surface area contributed by atoms with Crippen molar-refractivity contribution in [2.75, 3.05) is 27.9 Å². The van der Waals surface area contributed by atoms with Gasteiger partial charge in [0.2, 0.25) is 5.88 Å². The van der Waals surface area contributed by atoms with Crippen LogP contribution in [0, 0.1) is 0 Å². The number of esters is 1. The van der Waals surface area contributed by atoms with E-state index in [-0.39, 0.29) is 16.6 Å². The molecule has 4 rings (SSSR count). The van der Waals surface area contributed by atoms with Gasteiger partial charge < -0.3 is 33.5 Å². The Morgan fingerprint density at radius 2 is 1.43 bits per heavy atom. The third kappa shape index (κ3) is 10.6. The van der Waals surface area contributed by atoms with Crippen molar-refractivity contribution in [1.29, 1.82) is 0 Å². The summed E-state index contributed by atoms with van der Waals surface area (Å²) in [7, 11) is 4.23. The third-order valence-corrected chi connectivity index (χ3v) is 7.01. The minimum atomic E-state index is -1.08. The highest BCUT2D eigenvalue weighted by Crippen LogP contribution is 2.34. The molecule has 0 radical (unpaired) electrons. The van der Waals surface area contributed by atoms with Crippen molar-refractivity contribution in [1.82, 2.24) is 4.98 Å². The van der Waals surface area contributed by atoms with E-state index in [1.165, 1.54) is 27.6 Å². The summed E-state index contributed by atoms with van der Waals surface area (Å²) in [6.07, 6.45) is 3.03. The minimum Gasteiger partial charge on any atom is -0.503 e. The lowest BCUT2D eigenvalue weighted by molar-refractivity contribution is -0.134. The molecule has 10 nitrogen and oxygen atoms in total. The van der Waals surface area contributed by atoms with Crippen LogP contribution in [0.3, 0.4) is 0 Å². The van der Waals surface area contributed by atoms with E-state index in [4.69, 9.17) is 28.4 Å². The average molecular weight is 670 g/mol. The van der Waals surface area contributed by atoms with Gasteiger partial charge in [-0.15, -0.1) is 0 Å². The number of allylic oxidation sites excluding steroid dienone is 1. The molecular weight excluding hydrogens is 626 g/mol. The fourth-order valence-corrected chi connectivity index (χ4v) is 4.51. The number of methoxy groups -OCH3 is 3. The highest BCUT2D eigenvalue weighted by molar-refractivity contribution is 6.17. The first-order valence-electron chi connectivity index (χ1n) is 15.5. The Kier molecular flexibility index (Phi) is 13.8. The number of aliphatic carboxylic acids is 1. The Bertz CT molecular complexity index is 1790. The second-order valence-corrected chi connectivity index (χ2v) is 11.4. The highest BCUT2D eigenvalue weighted by atomic mass is 16.5. The molecule has 1 aromatic heterocycles. The topological polar surface area (TPSA) is 123 Å². The zero-order chi connectivity index (χ0) is 36.0. The van der Waals surface area contributed by atoms with Crippen LogP contribution in [-0.2, 0) is 29.2 Å². The molecule has 0 unspecified atom stereocenters. The van der Waals surface area contributed by atoms with E-state index >= 15 is 0 Å². The van der Waals surface area contributed by atoms with Crippen LogP contribution in [0.2, 0.25) is 0 Å². The average Bonchev–Trinajstić information content (AvgIpc) is 3.08. The molecule has 0 saturated carbocycles. The number of carboxylic acid groups (broad SMARTS) is 1. The summed E-state index contributed by atoms with van der Waals surface area (Å²) < 4.78 is 32.2. The fourth-order valence-electron chi connectivity index (χ4n) is 4.51. The van der Waals surface area contributed by atoms with Crippen LogP contribution in [0.25, 0.3) is 11.1 Å². The summed E-state index contributed by atoms with van der Waals surface area (Å²) in [6.45, 7) is 10.4. The number of carbonyl (C=O) groups excluding carboxylic acids is 1. The van der Waals surface area contributed by atoms with Crippen LogP contribution in [0.15, 0.2) is 103 Å². The Morgan fingerprint density at radius 1 is 0.796 bits per heavy atom. The van der Waals surface area contributed by atoms with Gasteiger partial charge in [0.1, 0.15) is 39.9 Å². The number of ether oxygens (including phenoxy) is 6. The lowest BCUT2D eigenvalue weighted by atomic mass is 9.88. The van der Waals surface area contributed by atoms with Gasteiger partial charge in [-0.05, 0) is 55.2 Å². The molecule has 0 aliphatic carbocycles. The van der Waals surface area contributed by atoms with E-state index in [0.717, 1.165) is 5.56 Å². The molecule has 1 N–H and O–H groups in total. The van der Waals surface area contributed by atoms with Gasteiger partial charge in [-0.3, -0.25) is 0 Å². The number of para-hydroxylation sites is 2. The standard InChI is InChI=1S/C20H23NO4.C19H20O5/c1-13(24-5)18(19(22)23)15-8-6-7-9-16(15)25-17-12-14(10-11-21-17)20(2,3)4;1-4-23-14-8-7-9-15(12-14)24-18-11-6-5-10-16(18)17(13-21-2)19(20)22-3/h6-12H,1-5H3,(H,22,23);5-13H,4H2,1-3H3/b18-13+;17-13+. The summed E-state index contributed by atoms with van der Waals surface area (Å²) >= 11 is 0. The van der Waals surface area contributed by atoms with Crippen molar-refractivity contribution in [3.63, 3.8) is 0 Å². The Morgan fingerprint density at radius 3 is 2.02 bits per heavy atom. The van der Waals surface area contributed by atoms with E-state index < -0.39 is 11.9 Å². The maximum atomic E-state index is 12.0. The number of carboxylic acids is 1. The van der Waals surface area contributed by atoms with Gasteiger partial charge in [-0.1, -0.05) is 63.2 Å². The van der Waals surface area contributed by atoms with E-state index in [9.17, 15) is 14.7 Å². The first-order chi connectivity index (χ1) is 23.4. The molecule has 0 aliphatic heterocycles. The predicted octanol–water partition coefficient (Wildman–Crippen LogP) is 8.67. The monoisotopic (exact) mass is 669 g/mol. The zero-order valence-corrected chi connectivity index (χ0v) is 29.1. The molecule has 1 heterocycles. The van der Waals surface area contributed by atoms with Crippen LogP contribution in [-0.4, -0.2) is 50.0 Å². The number of carbonyl (C=O) groups is 2. The molecule has 0 fully saturated rings. The number of hydrogen-bond donors (Lipinski definition) is 1. The fraction of sp³-hybridized carbons (Fsp3) is 0.256. The number of nitrogens with zero attached hydrogens (tertiary/aromatic N) is 1. The summed E-state index contributed by atoms with van der Waals surface area (Å²) in [5.41, 5.74) is 2.39. The molecule has 49 heavy (non-hydrogen) atoms. The highest BCUT2D eigenvalue weighted by Gasteiger charge is 2.21. The van der Waals surface area contributed by atoms with Gasteiger partial charge in [-0.25, -0.2) is 14.6 Å². The summed E-state index contributed by atoms with van der Waals surface area (Å²) in [5, 5.41) is 9.56. The van der Waals surface area contributed by atoms with E-state index in [1.807, 2.05) is 49.4 Å². The lowest BCUT2D eigenvalue weighted by Crippen LogP contribution is -2.11. The molecule has 258 valence electrons. The SMILES string of the molecule is CCOc1cccc(Oc2ccccc2/C(=C\OC)C(=O)OC)c1.CO/C(C)=C(/C(=O)O)c1ccccc1Oc1cc(C(C)(C)C)ccn1. The molecule has 4 aromatic rings. The zero-order valence-electron chi connectivity index (χ0n) is 29.1. The second-order valence-electron chi connectivity index (χ2n) is 11.4. The largest absolute Gasteiger partial charge is 0.503 e. The van der Waals surface area contributed by atoms with Gasteiger partial charge >= 0.3 is 11.9 Å². The maximum absolute atomic E-state index is 12.0. The molecule has 10 heteroatoms. The smallest absolute Gasteiger partial charge is 0.341 e. The molecule has 3 aromatic carbocycles. The van der Waals surface area contributed by atoms with Gasteiger partial charge in [-0.2, -0.15) is 0 Å². The van der Waals surface area contributed by atoms with Crippen LogP contribution in [0.1, 0.15) is 51.3 Å². The van der Waals surface area contributed by atoms with Crippen LogP contribution >= 0.6 is 0 Å². The van der Waals surface area contributed by atoms with Crippen molar-refractivity contribution in [3.05, 3.63) is 120 Å². The van der Waals surface area contributed by atoms with Crippen molar-refractivity contribution >= 4 is 23.1 Å². The van der Waals surface area contributed by atoms with E-state index in [1.54, 1.807) is 55.6 Å². The minimum absolute atomic E-state index is 0.0423. The van der Waals surface area contributed by atoms with E-state index in [0.29, 0.717) is 52.4 Å². The van der Waals surface area contributed by atoms with Gasteiger partial charge in [0.15, 0.2) is 0 Å². The molecule has 0 aliphatic rings. The lowest BCUT2D eigenvalue weighted by Gasteiger charge is -2.19. The Labute approximate surface area is 287 Å². The molecule has 0 atom stereocenters. The molecular formula is C39H43NO9. The van der Waals surface area contributed by atoms with Crippen LogP contribution in [0.4, 0.5) is 0 Å². The quantitative estimate of drug-likeness (QED) is 0.0890. The van der Waals surface area contributed by atoms with Crippen molar-refractivity contribution in [2.45, 2.75) is 40.0 Å². The van der Waals surface area contributed by atoms with Crippen molar-refractivity contribution in [3.8, 4) is 28.9 Å². The predicted molar refractivity (Wildman–Crippen MR) is 188 cm³/mol. The number of rotatable bonds is 12. The first-order valence-corrected chi connectivity index (χ1v) is 15.5. The second kappa shape index (κ2) is 18.0. The number of benzene rings is 3. The summed E-state index contributed by atoms with van der Waals surface area (Å²) in [4.78, 5) is 27.9. The van der Waals surface area contributed by atoms with Gasteiger partial charge in [0, 0.05) is 29.5 Å². The molecule has 0 bridgehead atoms. The van der Waals surface area contributed by atoms with Crippen LogP contribution < -0.4 is 14.2 Å². The summed E-state index contributed by atoms with van der Waals surface area (Å²) in [5.74, 6) is 1.39. The normalized spacial score (nSPS) is 11.6. The number of hydrogen-bond acceptors (Lipinski definition) is 9. The van der Waals surface area contributed by atoms with Gasteiger partial charge in [0.25, 0.3) is 0 Å². The molecule has 0 amide bonds. The number of pyridine rings is 1. The summed E-state index contributed by atoms with van der Waals surface area (Å²) in [6, 6.07) is 25.2. The van der Waals surface area contributed by atoms with Crippen molar-refractivity contribution in [2.24, 2.45) is 0 Å². The Balaban J connectivity index is 0.000000266. The molecule has 0 saturated heterocycles. The first kappa shape index (κ1) is 37.7. The van der Waals surface area contributed by atoms with Gasteiger partial charge in [0.05, 0.1) is 34.2 Å². The molecule has 0 spiro atoms. The Hall–Kier alpha value is -5.77. The number of aromatic nitrogens is 1. The van der Waals surface area contributed by atoms with Crippen molar-refractivity contribution < 1.29 is 43.1 Å². The maximum Gasteiger partial charge on any atom is 0.341 e.